The Morgan fingerprint density at radius 1 is 1.45 bits per heavy atom. The first kappa shape index (κ1) is 8.80. The van der Waals surface area contributed by atoms with Crippen LogP contribution in [0.25, 0.3) is 0 Å². The lowest BCUT2D eigenvalue weighted by Gasteiger charge is -2.03. The molecule has 0 fully saturated rings. The molecule has 3 heteroatoms. The molecule has 0 atom stereocenters. The van der Waals surface area contributed by atoms with Crippen molar-refractivity contribution in [2.45, 2.75) is 0 Å². The number of nitrogens with two attached hydrogens (primary N) is 1. The second kappa shape index (κ2) is 4.56. The van der Waals surface area contributed by atoms with Crippen molar-refractivity contribution in [1.82, 2.24) is 0 Å². The van der Waals surface area contributed by atoms with Crippen molar-refractivity contribution < 1.29 is 0 Å². The maximum Gasteiger partial charge on any atom is 0.0351 e. The second-order valence-corrected chi connectivity index (χ2v) is 3.47. The van der Waals surface area contributed by atoms with Crippen molar-refractivity contribution in [3.05, 3.63) is 27.8 Å². The normalized spacial score (nSPS) is 9.64. The van der Waals surface area contributed by atoms with E-state index in [1.54, 1.807) is 0 Å². The zero-order valence-electron chi connectivity index (χ0n) is 6.18. The van der Waals surface area contributed by atoms with Gasteiger partial charge in [-0.25, -0.2) is 0 Å². The van der Waals surface area contributed by atoms with Crippen LogP contribution in [0.4, 0.5) is 5.69 Å². The molecule has 0 saturated heterocycles. The number of halogens is 1. The summed E-state index contributed by atoms with van der Waals surface area (Å²) in [6.07, 6.45) is 0. The largest absolute Gasteiger partial charge is 0.384 e. The Labute approximate surface area is 80.3 Å². The summed E-state index contributed by atoms with van der Waals surface area (Å²) >= 11 is 2.29. The lowest BCUT2D eigenvalue weighted by atomic mass is 10.3. The molecule has 1 aromatic rings. The van der Waals surface area contributed by atoms with E-state index in [4.69, 9.17) is 5.73 Å². The van der Waals surface area contributed by atoms with Crippen molar-refractivity contribution in [3.63, 3.8) is 0 Å². The minimum Gasteiger partial charge on any atom is -0.384 e. The molecule has 0 amide bonds. The summed E-state index contributed by atoms with van der Waals surface area (Å²) in [5.74, 6) is 0. The quantitative estimate of drug-likeness (QED) is 0.813. The Morgan fingerprint density at radius 3 is 2.91 bits per heavy atom. The first-order valence-electron chi connectivity index (χ1n) is 3.52. The molecular formula is C8H11IN2. The zero-order chi connectivity index (χ0) is 8.10. The molecule has 0 bridgehead atoms. The van der Waals surface area contributed by atoms with Crippen LogP contribution in [-0.2, 0) is 0 Å². The van der Waals surface area contributed by atoms with E-state index < -0.39 is 0 Å². The van der Waals surface area contributed by atoms with E-state index >= 15 is 0 Å². The predicted octanol–water partition coefficient (Wildman–Crippen LogP) is 1.66. The van der Waals surface area contributed by atoms with E-state index in [2.05, 4.69) is 40.0 Å². The van der Waals surface area contributed by atoms with Crippen molar-refractivity contribution in [2.75, 3.05) is 18.4 Å². The fourth-order valence-corrected chi connectivity index (χ4v) is 1.36. The molecule has 0 heterocycles. The van der Waals surface area contributed by atoms with Gasteiger partial charge in [0.05, 0.1) is 0 Å². The summed E-state index contributed by atoms with van der Waals surface area (Å²) in [6.45, 7) is 1.51. The molecule has 1 rings (SSSR count). The highest BCUT2D eigenvalue weighted by atomic mass is 127. The van der Waals surface area contributed by atoms with Gasteiger partial charge in [0.25, 0.3) is 0 Å². The molecule has 1 aromatic carbocycles. The van der Waals surface area contributed by atoms with E-state index in [1.165, 1.54) is 3.57 Å². The Morgan fingerprint density at radius 2 is 2.27 bits per heavy atom. The third kappa shape index (κ3) is 3.07. The van der Waals surface area contributed by atoms with Gasteiger partial charge < -0.3 is 11.1 Å². The standard InChI is InChI=1S/C8H11IN2/c9-7-2-1-3-8(6-7)11-5-4-10/h1-3,6,11H,4-5,10H2. The topological polar surface area (TPSA) is 38.0 Å². The van der Waals surface area contributed by atoms with E-state index in [1.807, 2.05) is 12.1 Å². The van der Waals surface area contributed by atoms with Gasteiger partial charge in [0.2, 0.25) is 0 Å². The van der Waals surface area contributed by atoms with Crippen LogP contribution in [0.1, 0.15) is 0 Å². The lowest BCUT2D eigenvalue weighted by molar-refractivity contribution is 1.02. The summed E-state index contributed by atoms with van der Waals surface area (Å²) in [5.41, 5.74) is 6.49. The van der Waals surface area contributed by atoms with Gasteiger partial charge in [0, 0.05) is 22.3 Å². The molecule has 3 N–H and O–H groups in total. The lowest BCUT2D eigenvalue weighted by Crippen LogP contribution is -2.12. The van der Waals surface area contributed by atoms with Crippen LogP contribution in [0, 0.1) is 3.57 Å². The van der Waals surface area contributed by atoms with Crippen LogP contribution >= 0.6 is 22.6 Å². The first-order valence-corrected chi connectivity index (χ1v) is 4.60. The molecule has 0 spiro atoms. The summed E-state index contributed by atoms with van der Waals surface area (Å²) < 4.78 is 1.24. The number of hydrogen-bond donors (Lipinski definition) is 2. The van der Waals surface area contributed by atoms with Crippen molar-refractivity contribution >= 4 is 28.3 Å². The number of rotatable bonds is 3. The molecule has 0 saturated carbocycles. The minimum atomic E-state index is 0.672. The third-order valence-corrected chi connectivity index (χ3v) is 1.97. The van der Waals surface area contributed by atoms with Crippen molar-refractivity contribution in [1.29, 1.82) is 0 Å². The SMILES string of the molecule is NCCNc1cccc(I)c1. The summed E-state index contributed by atoms with van der Waals surface area (Å²) in [4.78, 5) is 0. The number of benzene rings is 1. The van der Waals surface area contributed by atoms with E-state index in [-0.39, 0.29) is 0 Å². The molecule has 60 valence electrons. The summed E-state index contributed by atoms with van der Waals surface area (Å²) in [6, 6.07) is 8.23. The average Bonchev–Trinajstić information content (AvgIpc) is 2.01. The van der Waals surface area contributed by atoms with E-state index in [0.717, 1.165) is 12.2 Å². The number of hydrogen-bond acceptors (Lipinski definition) is 2. The Kier molecular flexibility index (Phi) is 3.65. The van der Waals surface area contributed by atoms with Gasteiger partial charge in [-0.1, -0.05) is 6.07 Å². The highest BCUT2D eigenvalue weighted by Gasteiger charge is 1.89. The maximum atomic E-state index is 5.35. The Balaban J connectivity index is 2.56. The Hall–Kier alpha value is -0.290. The highest BCUT2D eigenvalue weighted by Crippen LogP contribution is 2.11. The van der Waals surface area contributed by atoms with Gasteiger partial charge in [-0.15, -0.1) is 0 Å². The second-order valence-electron chi connectivity index (χ2n) is 2.23. The highest BCUT2D eigenvalue weighted by molar-refractivity contribution is 14.1. The number of anilines is 1. The first-order chi connectivity index (χ1) is 5.33. The molecule has 2 nitrogen and oxygen atoms in total. The van der Waals surface area contributed by atoms with Gasteiger partial charge >= 0.3 is 0 Å². The molecule has 0 unspecified atom stereocenters. The molecule has 0 radical (unpaired) electrons. The van der Waals surface area contributed by atoms with E-state index in [0.29, 0.717) is 6.54 Å². The van der Waals surface area contributed by atoms with Gasteiger partial charge in [0.15, 0.2) is 0 Å². The van der Waals surface area contributed by atoms with Crippen molar-refractivity contribution in [3.8, 4) is 0 Å². The molecule has 0 aliphatic carbocycles. The van der Waals surface area contributed by atoms with Crippen molar-refractivity contribution in [2.24, 2.45) is 5.73 Å². The van der Waals surface area contributed by atoms with Crippen LogP contribution in [0.2, 0.25) is 0 Å². The molecule has 0 aliphatic heterocycles. The fraction of sp³-hybridized carbons (Fsp3) is 0.250. The van der Waals surface area contributed by atoms with Crippen LogP contribution < -0.4 is 11.1 Å². The van der Waals surface area contributed by atoms with Gasteiger partial charge in [-0.05, 0) is 40.8 Å². The van der Waals surface area contributed by atoms with Gasteiger partial charge in [-0.2, -0.15) is 0 Å². The number of nitrogens with one attached hydrogen (secondary N) is 1. The van der Waals surface area contributed by atoms with Crippen LogP contribution in [0.15, 0.2) is 24.3 Å². The molecule has 11 heavy (non-hydrogen) atoms. The maximum absolute atomic E-state index is 5.35. The van der Waals surface area contributed by atoms with Crippen LogP contribution in [0.3, 0.4) is 0 Å². The fourth-order valence-electron chi connectivity index (χ4n) is 0.815. The average molecular weight is 262 g/mol. The van der Waals surface area contributed by atoms with Crippen LogP contribution in [0.5, 0.6) is 0 Å². The van der Waals surface area contributed by atoms with E-state index in [9.17, 15) is 0 Å². The summed E-state index contributed by atoms with van der Waals surface area (Å²) in [5, 5.41) is 3.21. The zero-order valence-corrected chi connectivity index (χ0v) is 8.34. The smallest absolute Gasteiger partial charge is 0.0351 e. The summed E-state index contributed by atoms with van der Waals surface area (Å²) in [7, 11) is 0. The minimum absolute atomic E-state index is 0.672. The predicted molar refractivity (Wildman–Crippen MR) is 56.7 cm³/mol. The third-order valence-electron chi connectivity index (χ3n) is 1.30. The molecular weight excluding hydrogens is 251 g/mol. The monoisotopic (exact) mass is 262 g/mol. The van der Waals surface area contributed by atoms with Crippen LogP contribution in [-0.4, -0.2) is 13.1 Å². The van der Waals surface area contributed by atoms with Gasteiger partial charge in [-0.3, -0.25) is 0 Å². The van der Waals surface area contributed by atoms with Gasteiger partial charge in [0.1, 0.15) is 0 Å². The molecule has 0 aliphatic rings. The Bertz CT molecular complexity index is 225. The molecule has 0 aromatic heterocycles.